The molecule has 7 heteroatoms. The molecule has 0 spiro atoms. The second-order valence-electron chi connectivity index (χ2n) is 6.27. The molecule has 3 rings (SSSR count). The highest BCUT2D eigenvalue weighted by Gasteiger charge is 2.32. The number of rotatable bonds is 6. The largest absolute Gasteiger partial charge is 0.457 e. The van der Waals surface area contributed by atoms with Crippen molar-refractivity contribution < 1.29 is 19.1 Å². The number of hydrogen-bond acceptors (Lipinski definition) is 4. The molecule has 1 aliphatic rings. The van der Waals surface area contributed by atoms with E-state index in [-0.39, 0.29) is 18.4 Å². The summed E-state index contributed by atoms with van der Waals surface area (Å²) in [6.45, 7) is 0.304. The lowest BCUT2D eigenvalue weighted by atomic mass is 10.2. The molecule has 0 unspecified atom stereocenters. The molecule has 2 aromatic rings. The van der Waals surface area contributed by atoms with Crippen molar-refractivity contribution in [3.63, 3.8) is 0 Å². The van der Waals surface area contributed by atoms with E-state index in [1.165, 1.54) is 4.90 Å². The van der Waals surface area contributed by atoms with Crippen LogP contribution >= 0.6 is 0 Å². The van der Waals surface area contributed by atoms with Crippen molar-refractivity contribution in [2.75, 3.05) is 13.1 Å². The van der Waals surface area contributed by atoms with E-state index in [1.807, 2.05) is 30.3 Å². The average molecular weight is 367 g/mol. The van der Waals surface area contributed by atoms with Crippen molar-refractivity contribution >= 4 is 17.7 Å². The molecule has 140 valence electrons. The number of nitrogens with two attached hydrogens (primary N) is 1. The molecule has 1 aliphatic heterocycles. The van der Waals surface area contributed by atoms with Crippen molar-refractivity contribution in [3.8, 4) is 11.5 Å². The van der Waals surface area contributed by atoms with Gasteiger partial charge in [-0.15, -0.1) is 0 Å². The first-order valence-electron chi connectivity index (χ1n) is 8.74. The van der Waals surface area contributed by atoms with Crippen LogP contribution in [0.1, 0.15) is 23.2 Å². The number of benzene rings is 2. The lowest BCUT2D eigenvalue weighted by molar-refractivity contribution is -0.136. The number of amides is 3. The standard InChI is InChI=1S/C20H21N3O4/c21-19(25)17-7-4-12-23(17)18(24)13-22-20(26)14-8-10-16(11-9-14)27-15-5-2-1-3-6-15/h1-3,5-6,8-11,17H,4,7,12-13H2,(H2,21,25)(H,22,26)/t17-/m0/s1. The number of nitrogens with one attached hydrogen (secondary N) is 1. The minimum absolute atomic E-state index is 0.176. The molecule has 1 fully saturated rings. The Morgan fingerprint density at radius 2 is 1.70 bits per heavy atom. The predicted molar refractivity (Wildman–Crippen MR) is 99.2 cm³/mol. The summed E-state index contributed by atoms with van der Waals surface area (Å²) in [5, 5.41) is 2.58. The van der Waals surface area contributed by atoms with Gasteiger partial charge in [0.15, 0.2) is 0 Å². The van der Waals surface area contributed by atoms with Gasteiger partial charge in [-0.1, -0.05) is 18.2 Å². The number of carbonyl (C=O) groups is 3. The van der Waals surface area contributed by atoms with Gasteiger partial charge in [0.2, 0.25) is 11.8 Å². The molecule has 0 aliphatic carbocycles. The minimum atomic E-state index is -0.580. The highest BCUT2D eigenvalue weighted by molar-refractivity contribution is 5.97. The summed E-state index contributed by atoms with van der Waals surface area (Å²) in [6, 6.07) is 15.4. The lowest BCUT2D eigenvalue weighted by Crippen LogP contribution is -2.47. The van der Waals surface area contributed by atoms with E-state index in [0.29, 0.717) is 30.0 Å². The zero-order valence-corrected chi connectivity index (χ0v) is 14.8. The van der Waals surface area contributed by atoms with Gasteiger partial charge in [0.25, 0.3) is 5.91 Å². The summed E-state index contributed by atoms with van der Waals surface area (Å²) >= 11 is 0. The zero-order chi connectivity index (χ0) is 19.2. The molecule has 1 atom stereocenters. The molecule has 1 heterocycles. The van der Waals surface area contributed by atoms with Gasteiger partial charge in [0.05, 0.1) is 6.54 Å². The SMILES string of the molecule is NC(=O)[C@@H]1CCCN1C(=O)CNC(=O)c1ccc(Oc2ccccc2)cc1. The molecular weight excluding hydrogens is 346 g/mol. The first-order valence-corrected chi connectivity index (χ1v) is 8.74. The fourth-order valence-electron chi connectivity index (χ4n) is 3.02. The molecule has 27 heavy (non-hydrogen) atoms. The Morgan fingerprint density at radius 3 is 2.37 bits per heavy atom. The maximum absolute atomic E-state index is 12.2. The van der Waals surface area contributed by atoms with Crippen molar-refractivity contribution in [2.24, 2.45) is 5.73 Å². The number of carbonyl (C=O) groups excluding carboxylic acids is 3. The Labute approximate surface area is 157 Å². The number of ether oxygens (including phenoxy) is 1. The van der Waals surface area contributed by atoms with E-state index in [4.69, 9.17) is 10.5 Å². The number of primary amides is 1. The molecule has 3 N–H and O–H groups in total. The molecule has 2 aromatic carbocycles. The van der Waals surface area contributed by atoms with Crippen LogP contribution in [0.2, 0.25) is 0 Å². The van der Waals surface area contributed by atoms with Crippen LogP contribution in [0.3, 0.4) is 0 Å². The predicted octanol–water partition coefficient (Wildman–Crippen LogP) is 1.68. The van der Waals surface area contributed by atoms with Crippen LogP contribution in [-0.4, -0.2) is 41.8 Å². The zero-order valence-electron chi connectivity index (χ0n) is 14.8. The topological polar surface area (TPSA) is 102 Å². The number of nitrogens with zero attached hydrogens (tertiary/aromatic N) is 1. The molecule has 0 saturated carbocycles. The average Bonchev–Trinajstić information content (AvgIpc) is 3.17. The Balaban J connectivity index is 1.53. The number of hydrogen-bond donors (Lipinski definition) is 2. The molecule has 0 radical (unpaired) electrons. The van der Waals surface area contributed by atoms with Crippen LogP contribution in [0, 0.1) is 0 Å². The summed E-state index contributed by atoms with van der Waals surface area (Å²) < 4.78 is 5.68. The van der Waals surface area contributed by atoms with E-state index in [1.54, 1.807) is 24.3 Å². The maximum Gasteiger partial charge on any atom is 0.251 e. The van der Waals surface area contributed by atoms with E-state index < -0.39 is 11.9 Å². The minimum Gasteiger partial charge on any atom is -0.457 e. The Hall–Kier alpha value is -3.35. The summed E-state index contributed by atoms with van der Waals surface area (Å²) in [5.74, 6) is 0.115. The summed E-state index contributed by atoms with van der Waals surface area (Å²) in [7, 11) is 0. The van der Waals surface area contributed by atoms with Gasteiger partial charge < -0.3 is 20.7 Å². The third-order valence-corrected chi connectivity index (χ3v) is 4.40. The second kappa shape index (κ2) is 8.35. The second-order valence-corrected chi connectivity index (χ2v) is 6.27. The molecule has 1 saturated heterocycles. The molecule has 0 bridgehead atoms. The third kappa shape index (κ3) is 4.63. The van der Waals surface area contributed by atoms with Crippen LogP contribution in [0.15, 0.2) is 54.6 Å². The van der Waals surface area contributed by atoms with Gasteiger partial charge >= 0.3 is 0 Å². The third-order valence-electron chi connectivity index (χ3n) is 4.40. The Morgan fingerprint density at radius 1 is 1.04 bits per heavy atom. The van der Waals surface area contributed by atoms with Crippen molar-refractivity contribution in [1.29, 1.82) is 0 Å². The van der Waals surface area contributed by atoms with Gasteiger partial charge in [-0.2, -0.15) is 0 Å². The maximum atomic E-state index is 12.2. The summed E-state index contributed by atoms with van der Waals surface area (Å²) in [5.41, 5.74) is 5.72. The van der Waals surface area contributed by atoms with E-state index in [0.717, 1.165) is 6.42 Å². The molecule has 3 amide bonds. The smallest absolute Gasteiger partial charge is 0.251 e. The van der Waals surface area contributed by atoms with Crippen LogP contribution < -0.4 is 15.8 Å². The van der Waals surface area contributed by atoms with E-state index in [9.17, 15) is 14.4 Å². The van der Waals surface area contributed by atoms with Crippen molar-refractivity contribution in [1.82, 2.24) is 10.2 Å². The van der Waals surface area contributed by atoms with E-state index in [2.05, 4.69) is 5.32 Å². The first-order chi connectivity index (χ1) is 13.0. The summed E-state index contributed by atoms with van der Waals surface area (Å²) in [4.78, 5) is 37.3. The van der Waals surface area contributed by atoms with Crippen LogP contribution in [0.25, 0.3) is 0 Å². The fourth-order valence-corrected chi connectivity index (χ4v) is 3.02. The van der Waals surface area contributed by atoms with Gasteiger partial charge in [-0.05, 0) is 49.2 Å². The highest BCUT2D eigenvalue weighted by atomic mass is 16.5. The van der Waals surface area contributed by atoms with Crippen molar-refractivity contribution in [3.05, 3.63) is 60.2 Å². The number of likely N-dealkylation sites (tertiary alicyclic amines) is 1. The van der Waals surface area contributed by atoms with Gasteiger partial charge in [0, 0.05) is 12.1 Å². The van der Waals surface area contributed by atoms with Crippen LogP contribution in [-0.2, 0) is 9.59 Å². The Bertz CT molecular complexity index is 821. The van der Waals surface area contributed by atoms with Crippen LogP contribution in [0.4, 0.5) is 0 Å². The molecular formula is C20H21N3O4. The van der Waals surface area contributed by atoms with Crippen LogP contribution in [0.5, 0.6) is 11.5 Å². The first kappa shape index (κ1) is 18.4. The van der Waals surface area contributed by atoms with Gasteiger partial charge in [0.1, 0.15) is 17.5 Å². The highest BCUT2D eigenvalue weighted by Crippen LogP contribution is 2.21. The van der Waals surface area contributed by atoms with Crippen molar-refractivity contribution in [2.45, 2.75) is 18.9 Å². The van der Waals surface area contributed by atoms with E-state index >= 15 is 0 Å². The summed E-state index contributed by atoms with van der Waals surface area (Å²) in [6.07, 6.45) is 1.30. The quantitative estimate of drug-likeness (QED) is 0.811. The lowest BCUT2D eigenvalue weighted by Gasteiger charge is -2.22. The molecule has 0 aromatic heterocycles. The Kier molecular flexibility index (Phi) is 5.71. The molecule has 7 nitrogen and oxygen atoms in total. The van der Waals surface area contributed by atoms with Gasteiger partial charge in [-0.25, -0.2) is 0 Å². The van der Waals surface area contributed by atoms with Gasteiger partial charge in [-0.3, -0.25) is 14.4 Å². The fraction of sp³-hybridized carbons (Fsp3) is 0.250. The number of para-hydroxylation sites is 1. The monoisotopic (exact) mass is 367 g/mol. The normalized spacial score (nSPS) is 16.0.